The largest absolute Gasteiger partial charge is 0.468 e. The number of furan rings is 1. The molecule has 1 saturated heterocycles. The van der Waals surface area contributed by atoms with Gasteiger partial charge < -0.3 is 9.15 Å². The lowest BCUT2D eigenvalue weighted by Gasteiger charge is -2.09. The second-order valence-electron chi connectivity index (χ2n) is 4.92. The molecule has 0 N–H and O–H groups in total. The molecule has 0 bridgehead atoms. The Balaban J connectivity index is 1.72. The maximum absolute atomic E-state index is 12.2. The molecule has 0 saturated carbocycles. The summed E-state index contributed by atoms with van der Waals surface area (Å²) in [5.74, 6) is -0.723. The highest BCUT2D eigenvalue weighted by Gasteiger charge is 2.36. The van der Waals surface area contributed by atoms with Gasteiger partial charge >= 0.3 is 5.97 Å². The number of esters is 1. The second-order valence-corrected chi connectivity index (χ2v) is 6.99. The van der Waals surface area contributed by atoms with E-state index >= 15 is 0 Å². The zero-order chi connectivity index (χ0) is 17.8. The molecule has 2 aromatic rings. The monoisotopic (exact) mass is 375 g/mol. The fraction of sp³-hybridized carbons (Fsp3) is 0.118. The number of ether oxygens (including phenoxy) is 1. The lowest BCUT2D eigenvalue weighted by atomic mass is 10.3. The molecule has 8 heteroatoms. The van der Waals surface area contributed by atoms with Crippen molar-refractivity contribution in [3.8, 4) is 0 Å². The second kappa shape index (κ2) is 7.62. The van der Waals surface area contributed by atoms with Crippen molar-refractivity contribution in [3.05, 3.63) is 53.1 Å². The Labute approximate surface area is 152 Å². The predicted octanol–water partition coefficient (Wildman–Crippen LogP) is 3.64. The highest BCUT2D eigenvalue weighted by Crippen LogP contribution is 2.34. The average molecular weight is 375 g/mol. The molecule has 1 aliphatic heterocycles. The van der Waals surface area contributed by atoms with Crippen LogP contribution in [-0.2, 0) is 14.3 Å². The van der Waals surface area contributed by atoms with Gasteiger partial charge in [0.15, 0.2) is 5.09 Å². The maximum Gasteiger partial charge on any atom is 0.325 e. The van der Waals surface area contributed by atoms with Crippen LogP contribution in [0, 0.1) is 0 Å². The van der Waals surface area contributed by atoms with Crippen molar-refractivity contribution in [3.63, 3.8) is 0 Å². The fourth-order valence-electron chi connectivity index (χ4n) is 2.03. The molecule has 1 aromatic carbocycles. The number of rotatable bonds is 5. The lowest BCUT2D eigenvalue weighted by molar-refractivity contribution is -0.143. The van der Waals surface area contributed by atoms with Crippen LogP contribution in [0.3, 0.4) is 0 Å². The minimum Gasteiger partial charge on any atom is -0.468 e. The Morgan fingerprint density at radius 2 is 2.00 bits per heavy atom. The molecule has 6 nitrogen and oxygen atoms in total. The normalized spacial score (nSPS) is 15.9. The number of thioether (sulfide) groups is 1. The van der Waals surface area contributed by atoms with Crippen molar-refractivity contribution in [2.45, 2.75) is 9.99 Å². The number of benzene rings is 1. The van der Waals surface area contributed by atoms with Gasteiger partial charge in [0, 0.05) is 11.0 Å². The number of carbonyl (C=O) groups is 3. The van der Waals surface area contributed by atoms with E-state index in [0.717, 1.165) is 21.6 Å². The molecule has 0 spiro atoms. The molecule has 0 unspecified atom stereocenters. The summed E-state index contributed by atoms with van der Waals surface area (Å²) in [4.78, 5) is 37.5. The molecule has 25 heavy (non-hydrogen) atoms. The van der Waals surface area contributed by atoms with E-state index in [1.807, 2.05) is 30.3 Å². The first-order valence-corrected chi connectivity index (χ1v) is 8.85. The third kappa shape index (κ3) is 4.15. The lowest BCUT2D eigenvalue weighted by Crippen LogP contribution is -2.34. The van der Waals surface area contributed by atoms with Gasteiger partial charge in [0.1, 0.15) is 12.3 Å². The summed E-state index contributed by atoms with van der Waals surface area (Å²) < 4.78 is 10.2. The van der Waals surface area contributed by atoms with Gasteiger partial charge in [-0.15, -0.1) is 0 Å². The number of amides is 2. The van der Waals surface area contributed by atoms with Crippen molar-refractivity contribution in [2.75, 3.05) is 13.7 Å². The zero-order valence-electron chi connectivity index (χ0n) is 13.1. The van der Waals surface area contributed by atoms with Gasteiger partial charge in [-0.3, -0.25) is 19.3 Å². The summed E-state index contributed by atoms with van der Waals surface area (Å²) in [6, 6.07) is 13.2. The number of nitrogens with zero attached hydrogens (tertiary/aromatic N) is 1. The molecule has 3 rings (SSSR count). The van der Waals surface area contributed by atoms with E-state index < -0.39 is 23.7 Å². The molecule has 2 heterocycles. The van der Waals surface area contributed by atoms with Crippen LogP contribution in [0.2, 0.25) is 0 Å². The van der Waals surface area contributed by atoms with E-state index in [0.29, 0.717) is 10.9 Å². The standard InChI is InChI=1S/C17H13NO5S2/c1-22-14(19)10-18-16(20)13(25-17(18)21)9-11-7-8-15(23-11)24-12-5-3-2-4-6-12/h2-9H,10H2,1H3/b13-9-. The quantitative estimate of drug-likeness (QED) is 0.583. The van der Waals surface area contributed by atoms with Crippen LogP contribution in [0.4, 0.5) is 4.79 Å². The Morgan fingerprint density at radius 1 is 1.24 bits per heavy atom. The summed E-state index contributed by atoms with van der Waals surface area (Å²) in [5.41, 5.74) is 0. The number of methoxy groups -OCH3 is 1. The van der Waals surface area contributed by atoms with Gasteiger partial charge in [0.2, 0.25) is 0 Å². The van der Waals surface area contributed by atoms with Crippen LogP contribution in [0.25, 0.3) is 6.08 Å². The summed E-state index contributed by atoms with van der Waals surface area (Å²) in [7, 11) is 1.20. The Bertz CT molecular complexity index is 844. The van der Waals surface area contributed by atoms with E-state index in [1.54, 1.807) is 12.1 Å². The van der Waals surface area contributed by atoms with Gasteiger partial charge in [-0.05, 0) is 36.0 Å². The third-order valence-electron chi connectivity index (χ3n) is 3.23. The molecule has 128 valence electrons. The molecule has 1 aliphatic rings. The smallest absolute Gasteiger partial charge is 0.325 e. The first-order valence-electron chi connectivity index (χ1n) is 7.22. The zero-order valence-corrected chi connectivity index (χ0v) is 14.8. The molecule has 1 fully saturated rings. The first kappa shape index (κ1) is 17.4. The van der Waals surface area contributed by atoms with Gasteiger partial charge in [-0.2, -0.15) is 0 Å². The molecule has 0 aliphatic carbocycles. The highest BCUT2D eigenvalue weighted by atomic mass is 32.2. The average Bonchev–Trinajstić information content (AvgIpc) is 3.15. The predicted molar refractivity (Wildman–Crippen MR) is 94.0 cm³/mol. The Morgan fingerprint density at radius 3 is 2.72 bits per heavy atom. The summed E-state index contributed by atoms with van der Waals surface area (Å²) in [6.45, 7) is -0.397. The Kier molecular flexibility index (Phi) is 5.30. The van der Waals surface area contributed by atoms with E-state index in [1.165, 1.54) is 24.9 Å². The molecule has 0 atom stereocenters. The minimum absolute atomic E-state index is 0.208. The van der Waals surface area contributed by atoms with Crippen LogP contribution in [0.5, 0.6) is 0 Å². The van der Waals surface area contributed by atoms with Crippen molar-refractivity contribution in [1.82, 2.24) is 4.90 Å². The summed E-state index contributed by atoms with van der Waals surface area (Å²) in [5, 5.41) is 0.165. The van der Waals surface area contributed by atoms with Crippen LogP contribution in [-0.4, -0.2) is 35.7 Å². The van der Waals surface area contributed by atoms with E-state index in [-0.39, 0.29) is 4.91 Å². The number of imide groups is 1. The summed E-state index contributed by atoms with van der Waals surface area (Å²) >= 11 is 2.22. The Hall–Kier alpha value is -2.45. The van der Waals surface area contributed by atoms with E-state index in [4.69, 9.17) is 4.42 Å². The summed E-state index contributed by atoms with van der Waals surface area (Å²) in [6.07, 6.45) is 1.50. The van der Waals surface area contributed by atoms with E-state index in [9.17, 15) is 14.4 Å². The highest BCUT2D eigenvalue weighted by molar-refractivity contribution is 8.18. The van der Waals surface area contributed by atoms with Crippen molar-refractivity contribution in [1.29, 1.82) is 0 Å². The SMILES string of the molecule is COC(=O)CN1C(=O)S/C(=C\c2ccc(Sc3ccccc3)o2)C1=O. The molecule has 1 aromatic heterocycles. The van der Waals surface area contributed by atoms with Crippen molar-refractivity contribution < 1.29 is 23.5 Å². The van der Waals surface area contributed by atoms with Crippen LogP contribution >= 0.6 is 23.5 Å². The van der Waals surface area contributed by atoms with E-state index in [2.05, 4.69) is 4.74 Å². The molecular weight excluding hydrogens is 362 g/mol. The first-order chi connectivity index (χ1) is 12.1. The maximum atomic E-state index is 12.2. The van der Waals surface area contributed by atoms with Gasteiger partial charge in [0.05, 0.1) is 12.0 Å². The molecular formula is C17H13NO5S2. The van der Waals surface area contributed by atoms with Gasteiger partial charge in [0.25, 0.3) is 11.1 Å². The number of carbonyl (C=O) groups excluding carboxylic acids is 3. The van der Waals surface area contributed by atoms with Crippen LogP contribution < -0.4 is 0 Å². The molecule has 2 amide bonds. The number of hydrogen-bond donors (Lipinski definition) is 0. The minimum atomic E-state index is -0.650. The third-order valence-corrected chi connectivity index (χ3v) is 5.06. The molecule has 0 radical (unpaired) electrons. The van der Waals surface area contributed by atoms with Gasteiger partial charge in [-0.25, -0.2) is 0 Å². The fourth-order valence-corrected chi connectivity index (χ4v) is 3.65. The topological polar surface area (TPSA) is 76.8 Å². The van der Waals surface area contributed by atoms with Gasteiger partial charge in [-0.1, -0.05) is 30.0 Å². The number of hydrogen-bond acceptors (Lipinski definition) is 7. The van der Waals surface area contributed by atoms with Crippen molar-refractivity contribution >= 4 is 46.7 Å². The van der Waals surface area contributed by atoms with Crippen LogP contribution in [0.15, 0.2) is 61.8 Å². The van der Waals surface area contributed by atoms with Crippen LogP contribution in [0.1, 0.15) is 5.76 Å². The van der Waals surface area contributed by atoms with Crippen molar-refractivity contribution in [2.24, 2.45) is 0 Å².